The van der Waals surface area contributed by atoms with E-state index in [4.69, 9.17) is 0 Å². The van der Waals surface area contributed by atoms with E-state index < -0.39 is 0 Å². The van der Waals surface area contributed by atoms with Crippen LogP contribution in [0.5, 0.6) is 0 Å². The first-order chi connectivity index (χ1) is 11.7. The van der Waals surface area contributed by atoms with Crippen LogP contribution in [0.2, 0.25) is 0 Å². The highest BCUT2D eigenvalue weighted by atomic mass is 16.2. The van der Waals surface area contributed by atoms with Gasteiger partial charge in [0.25, 0.3) is 0 Å². The van der Waals surface area contributed by atoms with Crippen LogP contribution in [0.3, 0.4) is 0 Å². The Balaban J connectivity index is 1.50. The first-order valence-electron chi connectivity index (χ1n) is 8.16. The predicted octanol–water partition coefficient (Wildman–Crippen LogP) is 3.39. The molecule has 0 aliphatic rings. The zero-order valence-corrected chi connectivity index (χ0v) is 13.6. The number of carbonyl (C=O) groups is 2. The standard InChI is InChI=1S/C18H22N4O2/c23-17(21-15-9-5-7-13-19-15)11-3-1-2-4-12-18(24)22-16-10-6-8-14-20-16/h5-10,13-14H,1-4,11-12H2,(H,19,21,23)(H,20,22,24). The van der Waals surface area contributed by atoms with Crippen LogP contribution in [-0.2, 0) is 9.59 Å². The highest BCUT2D eigenvalue weighted by Gasteiger charge is 2.04. The number of hydrogen-bond acceptors (Lipinski definition) is 4. The molecule has 2 heterocycles. The lowest BCUT2D eigenvalue weighted by Crippen LogP contribution is -2.12. The van der Waals surface area contributed by atoms with Gasteiger partial charge in [0.05, 0.1) is 0 Å². The monoisotopic (exact) mass is 326 g/mol. The lowest BCUT2D eigenvalue weighted by atomic mass is 10.1. The van der Waals surface area contributed by atoms with Crippen LogP contribution < -0.4 is 10.6 Å². The van der Waals surface area contributed by atoms with E-state index in [1.165, 1.54) is 0 Å². The quantitative estimate of drug-likeness (QED) is 0.692. The van der Waals surface area contributed by atoms with Gasteiger partial charge in [0.2, 0.25) is 11.8 Å². The minimum Gasteiger partial charge on any atom is -0.311 e. The number of rotatable bonds is 9. The van der Waals surface area contributed by atoms with Crippen molar-refractivity contribution in [3.05, 3.63) is 48.8 Å². The molecule has 0 saturated heterocycles. The molecule has 2 aromatic heterocycles. The molecule has 6 heteroatoms. The first-order valence-corrected chi connectivity index (χ1v) is 8.16. The van der Waals surface area contributed by atoms with Crippen molar-refractivity contribution in [2.45, 2.75) is 38.5 Å². The van der Waals surface area contributed by atoms with Crippen molar-refractivity contribution < 1.29 is 9.59 Å². The summed E-state index contributed by atoms with van der Waals surface area (Å²) >= 11 is 0. The van der Waals surface area contributed by atoms with Crippen LogP contribution in [0.1, 0.15) is 38.5 Å². The maximum atomic E-state index is 11.7. The van der Waals surface area contributed by atoms with E-state index in [9.17, 15) is 9.59 Å². The largest absolute Gasteiger partial charge is 0.311 e. The second-order valence-electron chi connectivity index (χ2n) is 5.44. The summed E-state index contributed by atoms with van der Waals surface area (Å²) in [6.07, 6.45) is 7.69. The van der Waals surface area contributed by atoms with Gasteiger partial charge in [-0.25, -0.2) is 9.97 Å². The number of nitrogens with zero attached hydrogens (tertiary/aromatic N) is 2. The molecular weight excluding hydrogens is 304 g/mol. The van der Waals surface area contributed by atoms with Gasteiger partial charge in [0.15, 0.2) is 0 Å². The van der Waals surface area contributed by atoms with E-state index in [2.05, 4.69) is 20.6 Å². The summed E-state index contributed by atoms with van der Waals surface area (Å²) in [5.41, 5.74) is 0. The fourth-order valence-corrected chi connectivity index (χ4v) is 2.21. The molecule has 24 heavy (non-hydrogen) atoms. The van der Waals surface area contributed by atoms with E-state index in [0.717, 1.165) is 25.7 Å². The van der Waals surface area contributed by atoms with Crippen LogP contribution >= 0.6 is 0 Å². The molecule has 0 aliphatic carbocycles. The number of hydrogen-bond donors (Lipinski definition) is 2. The molecule has 2 N–H and O–H groups in total. The van der Waals surface area contributed by atoms with Gasteiger partial charge in [-0.2, -0.15) is 0 Å². The van der Waals surface area contributed by atoms with E-state index in [0.29, 0.717) is 24.5 Å². The molecule has 2 aromatic rings. The minimum absolute atomic E-state index is 0.0263. The summed E-state index contributed by atoms with van der Waals surface area (Å²) in [6, 6.07) is 10.8. The van der Waals surface area contributed by atoms with Gasteiger partial charge in [-0.1, -0.05) is 25.0 Å². The lowest BCUT2D eigenvalue weighted by Gasteiger charge is -2.05. The SMILES string of the molecule is O=C(CCCCCCC(=O)Nc1ccccn1)Nc1ccccn1. The molecule has 0 aliphatic heterocycles. The molecule has 0 aromatic carbocycles. The van der Waals surface area contributed by atoms with Gasteiger partial charge in [0, 0.05) is 25.2 Å². The van der Waals surface area contributed by atoms with Gasteiger partial charge >= 0.3 is 0 Å². The van der Waals surface area contributed by atoms with E-state index in [1.54, 1.807) is 36.7 Å². The Morgan fingerprint density at radius 2 is 1.17 bits per heavy atom. The Hall–Kier alpha value is -2.76. The molecule has 0 unspecified atom stereocenters. The highest BCUT2D eigenvalue weighted by Crippen LogP contribution is 2.09. The normalized spacial score (nSPS) is 10.2. The predicted molar refractivity (Wildman–Crippen MR) is 93.4 cm³/mol. The fraction of sp³-hybridized carbons (Fsp3) is 0.333. The summed E-state index contributed by atoms with van der Waals surface area (Å²) in [5, 5.41) is 5.51. The summed E-state index contributed by atoms with van der Waals surface area (Å²) in [7, 11) is 0. The number of nitrogens with one attached hydrogen (secondary N) is 2. The maximum absolute atomic E-state index is 11.7. The number of pyridine rings is 2. The van der Waals surface area contributed by atoms with Crippen molar-refractivity contribution in [1.29, 1.82) is 0 Å². The van der Waals surface area contributed by atoms with Crippen LogP contribution in [0.15, 0.2) is 48.8 Å². The second-order valence-corrected chi connectivity index (χ2v) is 5.44. The second kappa shape index (κ2) is 10.1. The third-order valence-electron chi connectivity index (χ3n) is 3.42. The molecule has 0 fully saturated rings. The summed E-state index contributed by atoms with van der Waals surface area (Å²) in [5.74, 6) is 1.10. The smallest absolute Gasteiger partial charge is 0.225 e. The van der Waals surface area contributed by atoms with E-state index >= 15 is 0 Å². The molecule has 6 nitrogen and oxygen atoms in total. The summed E-state index contributed by atoms with van der Waals surface area (Å²) < 4.78 is 0. The Morgan fingerprint density at radius 3 is 1.54 bits per heavy atom. The highest BCUT2D eigenvalue weighted by molar-refractivity contribution is 5.90. The number of amides is 2. The molecule has 0 radical (unpaired) electrons. The van der Waals surface area contributed by atoms with Crippen LogP contribution in [-0.4, -0.2) is 21.8 Å². The van der Waals surface area contributed by atoms with Crippen molar-refractivity contribution in [2.24, 2.45) is 0 Å². The molecule has 126 valence electrons. The van der Waals surface area contributed by atoms with Gasteiger partial charge in [-0.05, 0) is 37.1 Å². The summed E-state index contributed by atoms with van der Waals surface area (Å²) in [4.78, 5) is 31.6. The number of anilines is 2. The first kappa shape index (κ1) is 17.6. The van der Waals surface area contributed by atoms with Crippen molar-refractivity contribution in [2.75, 3.05) is 10.6 Å². The number of unbranched alkanes of at least 4 members (excludes halogenated alkanes) is 3. The zero-order valence-electron chi connectivity index (χ0n) is 13.6. The molecular formula is C18H22N4O2. The van der Waals surface area contributed by atoms with Crippen LogP contribution in [0, 0.1) is 0 Å². The van der Waals surface area contributed by atoms with Crippen molar-refractivity contribution >= 4 is 23.5 Å². The Bertz CT molecular complexity index is 574. The Labute approximate surface area is 141 Å². The Kier molecular flexibility index (Phi) is 7.40. The molecule has 0 atom stereocenters. The fourth-order valence-electron chi connectivity index (χ4n) is 2.21. The maximum Gasteiger partial charge on any atom is 0.225 e. The van der Waals surface area contributed by atoms with E-state index in [1.807, 2.05) is 12.1 Å². The van der Waals surface area contributed by atoms with Gasteiger partial charge in [-0.15, -0.1) is 0 Å². The van der Waals surface area contributed by atoms with Crippen molar-refractivity contribution in [3.8, 4) is 0 Å². The number of carbonyl (C=O) groups excluding carboxylic acids is 2. The van der Waals surface area contributed by atoms with E-state index in [-0.39, 0.29) is 11.8 Å². The van der Waals surface area contributed by atoms with Crippen LogP contribution in [0.25, 0.3) is 0 Å². The van der Waals surface area contributed by atoms with Crippen molar-refractivity contribution in [1.82, 2.24) is 9.97 Å². The zero-order chi connectivity index (χ0) is 17.0. The van der Waals surface area contributed by atoms with Gasteiger partial charge < -0.3 is 10.6 Å². The number of aromatic nitrogens is 2. The molecule has 2 amide bonds. The Morgan fingerprint density at radius 1 is 0.708 bits per heavy atom. The third-order valence-corrected chi connectivity index (χ3v) is 3.42. The summed E-state index contributed by atoms with van der Waals surface area (Å²) in [6.45, 7) is 0. The average molecular weight is 326 g/mol. The molecule has 0 bridgehead atoms. The lowest BCUT2D eigenvalue weighted by molar-refractivity contribution is -0.117. The minimum atomic E-state index is -0.0263. The average Bonchev–Trinajstić information content (AvgIpc) is 2.60. The molecule has 2 rings (SSSR count). The van der Waals surface area contributed by atoms with Gasteiger partial charge in [0.1, 0.15) is 11.6 Å². The molecule has 0 saturated carbocycles. The molecule has 0 spiro atoms. The third kappa shape index (κ3) is 7.00. The van der Waals surface area contributed by atoms with Gasteiger partial charge in [-0.3, -0.25) is 9.59 Å². The van der Waals surface area contributed by atoms with Crippen LogP contribution in [0.4, 0.5) is 11.6 Å². The topological polar surface area (TPSA) is 84.0 Å². The van der Waals surface area contributed by atoms with Crippen molar-refractivity contribution in [3.63, 3.8) is 0 Å².